The van der Waals surface area contributed by atoms with Crippen molar-refractivity contribution in [2.45, 2.75) is 25.9 Å². The quantitative estimate of drug-likeness (QED) is 0.897. The molecule has 1 N–H and O–H groups in total. The Morgan fingerprint density at radius 3 is 2.74 bits per heavy atom. The van der Waals surface area contributed by atoms with E-state index in [1.165, 1.54) is 18.7 Å². The lowest BCUT2D eigenvalue weighted by molar-refractivity contribution is 0.182. The van der Waals surface area contributed by atoms with Gasteiger partial charge in [-0.2, -0.15) is 0 Å². The normalized spacial score (nSPS) is 32.5. The highest BCUT2D eigenvalue weighted by Crippen LogP contribution is 2.38. The lowest BCUT2D eigenvalue weighted by Crippen LogP contribution is -2.35. The minimum absolute atomic E-state index is 0.398. The van der Waals surface area contributed by atoms with Crippen molar-refractivity contribution in [2.75, 3.05) is 19.6 Å². The maximum Gasteiger partial charge on any atom is 0.0595 e. The summed E-state index contributed by atoms with van der Waals surface area (Å²) in [6, 6.07) is 7.03. The smallest absolute Gasteiger partial charge is 0.0595 e. The number of rotatable bonds is 2. The number of nitrogens with one attached hydrogen (secondary N) is 1. The first-order valence-electron chi connectivity index (χ1n) is 6.99. The second-order valence-electron chi connectivity index (χ2n) is 5.87. The van der Waals surface area contributed by atoms with E-state index in [0.29, 0.717) is 22.1 Å². The molecule has 4 heteroatoms. The van der Waals surface area contributed by atoms with Crippen molar-refractivity contribution < 1.29 is 0 Å². The number of nitrogens with zero attached hydrogens (tertiary/aromatic N) is 1. The Kier molecular flexibility index (Phi) is 3.78. The van der Waals surface area contributed by atoms with Gasteiger partial charge in [-0.15, -0.1) is 0 Å². The van der Waals surface area contributed by atoms with Crippen LogP contribution in [0.3, 0.4) is 0 Å². The molecule has 0 aromatic heterocycles. The molecule has 0 bridgehead atoms. The molecule has 2 saturated heterocycles. The molecule has 3 rings (SSSR count). The Morgan fingerprint density at radius 2 is 2.05 bits per heavy atom. The molecule has 2 heterocycles. The molecule has 4 unspecified atom stereocenters. The Morgan fingerprint density at radius 1 is 1.26 bits per heavy atom. The van der Waals surface area contributed by atoms with Gasteiger partial charge >= 0.3 is 0 Å². The summed E-state index contributed by atoms with van der Waals surface area (Å²) in [7, 11) is 0. The van der Waals surface area contributed by atoms with Crippen molar-refractivity contribution in [1.29, 1.82) is 0 Å². The molecule has 0 radical (unpaired) electrons. The lowest BCUT2D eigenvalue weighted by Gasteiger charge is -2.31. The highest BCUT2D eigenvalue weighted by atomic mass is 35.5. The molecule has 1 aromatic rings. The van der Waals surface area contributed by atoms with Crippen molar-refractivity contribution in [3.8, 4) is 0 Å². The van der Waals surface area contributed by atoms with Gasteiger partial charge in [-0.25, -0.2) is 0 Å². The molecule has 4 atom stereocenters. The third-order valence-corrected chi connectivity index (χ3v) is 5.64. The zero-order chi connectivity index (χ0) is 13.6. The summed E-state index contributed by atoms with van der Waals surface area (Å²) in [5.41, 5.74) is 1.26. The van der Waals surface area contributed by atoms with Crippen LogP contribution in [0, 0.1) is 11.8 Å². The Hall–Kier alpha value is -0.280. The van der Waals surface area contributed by atoms with Gasteiger partial charge in [0, 0.05) is 18.6 Å². The first kappa shape index (κ1) is 13.7. The van der Waals surface area contributed by atoms with Crippen molar-refractivity contribution in [1.82, 2.24) is 10.2 Å². The molecule has 0 aliphatic carbocycles. The summed E-state index contributed by atoms with van der Waals surface area (Å²) in [5.74, 6) is 1.60. The van der Waals surface area contributed by atoms with Crippen molar-refractivity contribution in [2.24, 2.45) is 11.8 Å². The minimum Gasteiger partial charge on any atom is -0.316 e. The molecule has 0 spiro atoms. The van der Waals surface area contributed by atoms with E-state index in [0.717, 1.165) is 18.4 Å². The number of fused-ring (bicyclic) bond motifs is 1. The Bertz CT molecular complexity index is 477. The van der Waals surface area contributed by atoms with Crippen LogP contribution in [0.25, 0.3) is 0 Å². The van der Waals surface area contributed by atoms with Gasteiger partial charge in [0.05, 0.1) is 10.0 Å². The van der Waals surface area contributed by atoms with Crippen LogP contribution in [0.2, 0.25) is 10.0 Å². The van der Waals surface area contributed by atoms with E-state index in [4.69, 9.17) is 23.2 Å². The van der Waals surface area contributed by atoms with Crippen molar-refractivity contribution >= 4 is 23.2 Å². The first-order chi connectivity index (χ1) is 9.08. The molecular formula is C15H20Cl2N2. The number of hydrogen-bond acceptors (Lipinski definition) is 2. The van der Waals surface area contributed by atoms with E-state index in [1.807, 2.05) is 12.1 Å². The van der Waals surface area contributed by atoms with Crippen LogP contribution < -0.4 is 5.32 Å². The summed E-state index contributed by atoms with van der Waals surface area (Å²) in [6.45, 7) is 8.13. The van der Waals surface area contributed by atoms with Gasteiger partial charge in [-0.05, 0) is 56.5 Å². The standard InChI is InChI=1S/C15H20Cl2N2/c1-9(11-3-4-14(16)15(17)5-11)19-8-12-6-18-7-13(12)10(19)2/h3-5,9-10,12-13,18H,6-8H2,1-2H3. The number of likely N-dealkylation sites (tertiary alicyclic amines) is 1. The third kappa shape index (κ3) is 2.40. The number of benzene rings is 1. The highest BCUT2D eigenvalue weighted by molar-refractivity contribution is 6.42. The molecule has 0 saturated carbocycles. The van der Waals surface area contributed by atoms with E-state index in [1.54, 1.807) is 0 Å². The number of hydrogen-bond donors (Lipinski definition) is 1. The average Bonchev–Trinajstić information content (AvgIpc) is 2.95. The molecule has 0 amide bonds. The van der Waals surface area contributed by atoms with Gasteiger partial charge in [0.2, 0.25) is 0 Å². The van der Waals surface area contributed by atoms with Gasteiger partial charge in [0.1, 0.15) is 0 Å². The van der Waals surface area contributed by atoms with Gasteiger partial charge in [-0.3, -0.25) is 4.90 Å². The lowest BCUT2D eigenvalue weighted by atomic mass is 9.95. The Balaban J connectivity index is 1.80. The highest BCUT2D eigenvalue weighted by Gasteiger charge is 2.43. The molecular weight excluding hydrogens is 279 g/mol. The van der Waals surface area contributed by atoms with Crippen LogP contribution in [0.4, 0.5) is 0 Å². The maximum atomic E-state index is 6.14. The second-order valence-corrected chi connectivity index (χ2v) is 6.68. The van der Waals surface area contributed by atoms with Crippen LogP contribution in [0.1, 0.15) is 25.5 Å². The zero-order valence-electron chi connectivity index (χ0n) is 11.4. The first-order valence-corrected chi connectivity index (χ1v) is 7.75. The summed E-state index contributed by atoms with van der Waals surface area (Å²) < 4.78 is 0. The molecule has 2 aliphatic heterocycles. The zero-order valence-corrected chi connectivity index (χ0v) is 12.9. The molecule has 2 aliphatic rings. The fraction of sp³-hybridized carbons (Fsp3) is 0.600. The van der Waals surface area contributed by atoms with E-state index >= 15 is 0 Å². The summed E-state index contributed by atoms with van der Waals surface area (Å²) in [6.07, 6.45) is 0. The Labute approximate surface area is 125 Å². The summed E-state index contributed by atoms with van der Waals surface area (Å²) >= 11 is 12.1. The van der Waals surface area contributed by atoms with Crippen LogP contribution >= 0.6 is 23.2 Å². The fourth-order valence-electron chi connectivity index (χ4n) is 3.68. The van der Waals surface area contributed by atoms with Gasteiger partial charge in [0.25, 0.3) is 0 Å². The minimum atomic E-state index is 0.398. The van der Waals surface area contributed by atoms with E-state index in [9.17, 15) is 0 Å². The molecule has 104 valence electrons. The van der Waals surface area contributed by atoms with Crippen LogP contribution in [-0.4, -0.2) is 30.6 Å². The summed E-state index contributed by atoms with van der Waals surface area (Å²) in [4.78, 5) is 2.61. The van der Waals surface area contributed by atoms with Crippen LogP contribution in [0.5, 0.6) is 0 Å². The predicted octanol–water partition coefficient (Wildman–Crippen LogP) is 3.59. The number of halogens is 2. The van der Waals surface area contributed by atoms with Crippen LogP contribution in [0.15, 0.2) is 18.2 Å². The summed E-state index contributed by atoms with van der Waals surface area (Å²) in [5, 5.41) is 4.79. The van der Waals surface area contributed by atoms with E-state index in [-0.39, 0.29) is 0 Å². The fourth-order valence-corrected chi connectivity index (χ4v) is 3.98. The largest absolute Gasteiger partial charge is 0.316 e. The molecule has 1 aromatic carbocycles. The van der Waals surface area contributed by atoms with E-state index < -0.39 is 0 Å². The SMILES string of the molecule is CC(c1ccc(Cl)c(Cl)c1)N1CC2CNCC2C1C. The topological polar surface area (TPSA) is 15.3 Å². The second kappa shape index (κ2) is 5.25. The van der Waals surface area contributed by atoms with Crippen molar-refractivity contribution in [3.05, 3.63) is 33.8 Å². The molecule has 2 nitrogen and oxygen atoms in total. The van der Waals surface area contributed by atoms with Crippen molar-refractivity contribution in [3.63, 3.8) is 0 Å². The van der Waals surface area contributed by atoms with E-state index in [2.05, 4.69) is 30.1 Å². The van der Waals surface area contributed by atoms with Crippen LogP contribution in [-0.2, 0) is 0 Å². The molecule has 19 heavy (non-hydrogen) atoms. The predicted molar refractivity (Wildman–Crippen MR) is 80.9 cm³/mol. The molecule has 2 fully saturated rings. The van der Waals surface area contributed by atoms with Gasteiger partial charge in [0.15, 0.2) is 0 Å². The third-order valence-electron chi connectivity index (χ3n) is 4.90. The average molecular weight is 299 g/mol. The van der Waals surface area contributed by atoms with Gasteiger partial charge in [-0.1, -0.05) is 29.3 Å². The maximum absolute atomic E-state index is 6.14. The monoisotopic (exact) mass is 298 g/mol. The van der Waals surface area contributed by atoms with Gasteiger partial charge < -0.3 is 5.32 Å².